The van der Waals surface area contributed by atoms with Crippen molar-refractivity contribution in [1.29, 1.82) is 0 Å². The van der Waals surface area contributed by atoms with Crippen LogP contribution in [0.4, 0.5) is 4.79 Å². The molecule has 2 amide bonds. The Kier molecular flexibility index (Phi) is 5.24. The van der Waals surface area contributed by atoms with Gasteiger partial charge >= 0.3 is 0 Å². The first kappa shape index (κ1) is 19.8. The number of carbonyl (C=O) groups excluding carboxylic acids is 2. The second-order valence-electron chi connectivity index (χ2n) is 6.12. The monoisotopic (exact) mass is 453 g/mol. The van der Waals surface area contributed by atoms with Gasteiger partial charge in [0.25, 0.3) is 11.1 Å². The molecular formula is C19H13Cl2NO6S. The summed E-state index contributed by atoms with van der Waals surface area (Å²) >= 11 is 13.0. The molecule has 0 radical (unpaired) electrons. The van der Waals surface area contributed by atoms with E-state index in [0.29, 0.717) is 27.6 Å². The van der Waals surface area contributed by atoms with Crippen molar-refractivity contribution in [1.82, 2.24) is 4.90 Å². The Bertz CT molecular complexity index is 1070. The Morgan fingerprint density at radius 1 is 1.17 bits per heavy atom. The minimum atomic E-state index is -0.461. The number of halogens is 2. The Morgan fingerprint density at radius 2 is 1.90 bits per heavy atom. The third kappa shape index (κ3) is 3.71. The molecule has 1 saturated heterocycles. The maximum absolute atomic E-state index is 12.8. The molecule has 7 nitrogen and oxygen atoms in total. The normalized spacial score (nSPS) is 16.8. The third-order valence-corrected chi connectivity index (χ3v) is 5.86. The van der Waals surface area contributed by atoms with Crippen LogP contribution in [0, 0.1) is 0 Å². The highest BCUT2D eigenvalue weighted by atomic mass is 35.5. The molecular weight excluding hydrogens is 441 g/mol. The maximum atomic E-state index is 12.8. The number of benzene rings is 2. The second kappa shape index (κ2) is 7.70. The van der Waals surface area contributed by atoms with E-state index in [1.54, 1.807) is 12.1 Å². The number of phenolic OH excluding ortho intramolecular Hbond substituents is 1. The van der Waals surface area contributed by atoms with Gasteiger partial charge in [-0.3, -0.25) is 14.5 Å². The lowest BCUT2D eigenvalue weighted by Crippen LogP contribution is -2.27. The molecule has 0 aliphatic carbocycles. The minimum Gasteiger partial charge on any atom is -0.503 e. The molecule has 1 fully saturated rings. The summed E-state index contributed by atoms with van der Waals surface area (Å²) in [5, 5.41) is 9.85. The third-order valence-electron chi connectivity index (χ3n) is 4.31. The number of hydrogen-bond acceptors (Lipinski definition) is 7. The van der Waals surface area contributed by atoms with Crippen LogP contribution in [-0.2, 0) is 11.3 Å². The van der Waals surface area contributed by atoms with Gasteiger partial charge in [-0.2, -0.15) is 0 Å². The van der Waals surface area contributed by atoms with E-state index in [1.165, 1.54) is 25.3 Å². The molecule has 2 heterocycles. The fourth-order valence-electron chi connectivity index (χ4n) is 2.87. The van der Waals surface area contributed by atoms with Gasteiger partial charge in [-0.05, 0) is 47.2 Å². The average molecular weight is 454 g/mol. The van der Waals surface area contributed by atoms with Crippen molar-refractivity contribution in [3.63, 3.8) is 0 Å². The van der Waals surface area contributed by atoms with Gasteiger partial charge in [-0.25, -0.2) is 0 Å². The van der Waals surface area contributed by atoms with Crippen LogP contribution in [-0.4, -0.2) is 35.1 Å². The number of ether oxygens (including phenoxy) is 3. The Morgan fingerprint density at radius 3 is 2.62 bits per heavy atom. The van der Waals surface area contributed by atoms with Crippen LogP contribution in [0.15, 0.2) is 29.2 Å². The van der Waals surface area contributed by atoms with Crippen molar-refractivity contribution in [3.8, 4) is 23.0 Å². The fraction of sp³-hybridized carbons (Fsp3) is 0.158. The highest BCUT2D eigenvalue weighted by molar-refractivity contribution is 8.18. The van der Waals surface area contributed by atoms with Gasteiger partial charge in [-0.1, -0.05) is 23.2 Å². The van der Waals surface area contributed by atoms with Crippen LogP contribution in [0.2, 0.25) is 10.0 Å². The summed E-state index contributed by atoms with van der Waals surface area (Å²) in [7, 11) is 1.39. The van der Waals surface area contributed by atoms with Gasteiger partial charge in [0, 0.05) is 11.1 Å². The number of rotatable bonds is 4. The zero-order valence-electron chi connectivity index (χ0n) is 14.9. The fourth-order valence-corrected chi connectivity index (χ4v) is 4.14. The van der Waals surface area contributed by atoms with Gasteiger partial charge in [0.2, 0.25) is 6.79 Å². The van der Waals surface area contributed by atoms with Crippen molar-refractivity contribution < 1.29 is 28.9 Å². The van der Waals surface area contributed by atoms with Crippen LogP contribution in [0.5, 0.6) is 23.0 Å². The number of methoxy groups -OCH3 is 1. The molecule has 1 N–H and O–H groups in total. The zero-order valence-corrected chi connectivity index (χ0v) is 17.2. The van der Waals surface area contributed by atoms with E-state index in [1.807, 2.05) is 0 Å². The molecule has 0 saturated carbocycles. The summed E-state index contributed by atoms with van der Waals surface area (Å²) in [4.78, 5) is 26.5. The lowest BCUT2D eigenvalue weighted by Gasteiger charge is -2.14. The largest absolute Gasteiger partial charge is 0.503 e. The molecule has 4 rings (SSSR count). The van der Waals surface area contributed by atoms with E-state index in [2.05, 4.69) is 0 Å². The number of imide groups is 1. The first-order chi connectivity index (χ1) is 13.9. The maximum Gasteiger partial charge on any atom is 0.293 e. The van der Waals surface area contributed by atoms with Crippen LogP contribution >= 0.6 is 35.0 Å². The highest BCUT2D eigenvalue weighted by Crippen LogP contribution is 2.40. The quantitative estimate of drug-likeness (QED) is 0.672. The zero-order chi connectivity index (χ0) is 20.7. The van der Waals surface area contributed by atoms with Crippen LogP contribution in [0.3, 0.4) is 0 Å². The molecule has 0 unspecified atom stereocenters. The Hall–Kier alpha value is -2.55. The number of hydrogen-bond donors (Lipinski definition) is 1. The SMILES string of the molecule is COc1cc(/C=C2\SC(=O)N(Cc3cc4c(cc3Cl)OCO4)C2=O)cc(Cl)c1O. The van der Waals surface area contributed by atoms with Crippen LogP contribution < -0.4 is 14.2 Å². The summed E-state index contributed by atoms with van der Waals surface area (Å²) in [6.45, 7) is 0.0925. The predicted octanol–water partition coefficient (Wildman–Crippen LogP) is 4.67. The van der Waals surface area contributed by atoms with Gasteiger partial charge in [-0.15, -0.1) is 0 Å². The first-order valence-electron chi connectivity index (χ1n) is 8.27. The minimum absolute atomic E-state index is 0.00284. The summed E-state index contributed by atoms with van der Waals surface area (Å²) in [5.41, 5.74) is 1.07. The molecule has 2 aliphatic heterocycles. The molecule has 10 heteroatoms. The van der Waals surface area contributed by atoms with Gasteiger partial charge in [0.1, 0.15) is 0 Å². The lowest BCUT2D eigenvalue weighted by molar-refractivity contribution is -0.123. The van der Waals surface area contributed by atoms with E-state index in [9.17, 15) is 14.7 Å². The van der Waals surface area contributed by atoms with Gasteiger partial charge in [0.15, 0.2) is 23.0 Å². The molecule has 2 aromatic rings. The predicted molar refractivity (Wildman–Crippen MR) is 109 cm³/mol. The van der Waals surface area contributed by atoms with Crippen LogP contribution in [0.1, 0.15) is 11.1 Å². The Labute approximate surface area is 179 Å². The molecule has 0 atom stereocenters. The van der Waals surface area contributed by atoms with E-state index in [4.69, 9.17) is 37.4 Å². The molecule has 150 valence electrons. The number of carbonyl (C=O) groups is 2. The highest BCUT2D eigenvalue weighted by Gasteiger charge is 2.35. The topological polar surface area (TPSA) is 85.3 Å². The standard InChI is InChI=1S/C19H13Cl2NO6S/c1-26-15-3-9(2-12(21)17(15)23)4-16-18(24)22(19(25)29-16)7-10-5-13-14(6-11(10)20)28-8-27-13/h2-6,23H,7-8H2,1H3/b16-4-. The summed E-state index contributed by atoms with van der Waals surface area (Å²) in [6.07, 6.45) is 1.51. The van der Waals surface area contributed by atoms with Crippen molar-refractivity contribution in [2.24, 2.45) is 0 Å². The molecule has 2 aromatic carbocycles. The number of phenols is 1. The molecule has 0 spiro atoms. The number of amides is 2. The van der Waals surface area contributed by atoms with Crippen molar-refractivity contribution in [2.75, 3.05) is 13.9 Å². The van der Waals surface area contributed by atoms with Gasteiger partial charge in [0.05, 0.1) is 23.6 Å². The molecule has 29 heavy (non-hydrogen) atoms. The summed E-state index contributed by atoms with van der Waals surface area (Å²) < 4.78 is 15.6. The Balaban J connectivity index is 1.60. The summed E-state index contributed by atoms with van der Waals surface area (Å²) in [5.74, 6) is 0.535. The lowest BCUT2D eigenvalue weighted by atomic mass is 10.1. The van der Waals surface area contributed by atoms with E-state index >= 15 is 0 Å². The van der Waals surface area contributed by atoms with Crippen LogP contribution in [0.25, 0.3) is 6.08 Å². The van der Waals surface area contributed by atoms with Crippen molar-refractivity contribution in [3.05, 3.63) is 50.3 Å². The average Bonchev–Trinajstić information content (AvgIpc) is 3.23. The van der Waals surface area contributed by atoms with E-state index in [0.717, 1.165) is 16.7 Å². The molecule has 0 aromatic heterocycles. The number of fused-ring (bicyclic) bond motifs is 1. The second-order valence-corrected chi connectivity index (χ2v) is 7.93. The molecule has 0 bridgehead atoms. The van der Waals surface area contributed by atoms with Gasteiger partial charge < -0.3 is 19.3 Å². The van der Waals surface area contributed by atoms with Crippen molar-refractivity contribution in [2.45, 2.75) is 6.54 Å². The van der Waals surface area contributed by atoms with E-state index in [-0.39, 0.29) is 34.8 Å². The van der Waals surface area contributed by atoms with Crippen molar-refractivity contribution >= 4 is 52.2 Å². The number of aromatic hydroxyl groups is 1. The van der Waals surface area contributed by atoms with E-state index < -0.39 is 11.1 Å². The smallest absolute Gasteiger partial charge is 0.293 e. The first-order valence-corrected chi connectivity index (χ1v) is 9.84. The number of nitrogens with zero attached hydrogens (tertiary/aromatic N) is 1. The number of thioether (sulfide) groups is 1. The summed E-state index contributed by atoms with van der Waals surface area (Å²) in [6, 6.07) is 6.24. The molecule has 2 aliphatic rings.